The molecule has 0 aromatic carbocycles. The molecule has 1 amide bonds. The number of amides is 1. The van der Waals surface area contributed by atoms with Gasteiger partial charge in [-0.2, -0.15) is 15.5 Å². The van der Waals surface area contributed by atoms with Gasteiger partial charge in [-0.1, -0.05) is 6.58 Å². The van der Waals surface area contributed by atoms with Crippen molar-refractivity contribution in [3.63, 3.8) is 0 Å². The van der Waals surface area contributed by atoms with Gasteiger partial charge in [0, 0.05) is 36.0 Å². The summed E-state index contributed by atoms with van der Waals surface area (Å²) in [6.07, 6.45) is 7.63. The average Bonchev–Trinajstić information content (AvgIpc) is 3.50. The van der Waals surface area contributed by atoms with Gasteiger partial charge in [-0.05, 0) is 19.1 Å². The van der Waals surface area contributed by atoms with Crippen LogP contribution in [0.25, 0.3) is 16.6 Å². The molecule has 3 aromatic heterocycles. The Morgan fingerprint density at radius 2 is 2.19 bits per heavy atom. The molecule has 0 spiro atoms. The zero-order valence-electron chi connectivity index (χ0n) is 18.2. The number of carbonyl (C=O) groups is 1. The Hall–Kier alpha value is -3.93. The minimum atomic E-state index is -0.00361. The molecular formula is C23H24N7O2+. The lowest BCUT2D eigenvalue weighted by molar-refractivity contribution is -0.601. The summed E-state index contributed by atoms with van der Waals surface area (Å²) in [5.41, 5.74) is 5.47. The van der Waals surface area contributed by atoms with Gasteiger partial charge in [-0.15, -0.1) is 0 Å². The Morgan fingerprint density at radius 3 is 2.91 bits per heavy atom. The first-order valence-corrected chi connectivity index (χ1v) is 10.5. The lowest BCUT2D eigenvalue weighted by atomic mass is 10.1. The van der Waals surface area contributed by atoms with E-state index in [1.807, 2.05) is 23.4 Å². The maximum absolute atomic E-state index is 11.8. The summed E-state index contributed by atoms with van der Waals surface area (Å²) in [6, 6.07) is 4.38. The van der Waals surface area contributed by atoms with Crippen molar-refractivity contribution in [1.29, 1.82) is 5.26 Å². The monoisotopic (exact) mass is 430 g/mol. The molecule has 9 nitrogen and oxygen atoms in total. The second-order valence-electron chi connectivity index (χ2n) is 8.19. The van der Waals surface area contributed by atoms with Gasteiger partial charge in [0.05, 0.1) is 19.5 Å². The Labute approximate surface area is 185 Å². The van der Waals surface area contributed by atoms with E-state index in [0.717, 1.165) is 42.9 Å². The SMILES string of the molecule is C=CC(=O)N1CCC(=[N+]2CC(n3ncc(-c4cc(OC)c5c(C#N)cnn5c4)c3C)C2)C1. The third kappa shape index (κ3) is 3.07. The van der Waals surface area contributed by atoms with E-state index in [-0.39, 0.29) is 5.91 Å². The summed E-state index contributed by atoms with van der Waals surface area (Å²) < 4.78 is 11.7. The van der Waals surface area contributed by atoms with Gasteiger partial charge < -0.3 is 9.64 Å². The third-order valence-corrected chi connectivity index (χ3v) is 6.46. The number of hydrogen-bond acceptors (Lipinski definition) is 5. The quantitative estimate of drug-likeness (QED) is 0.465. The average molecular weight is 430 g/mol. The van der Waals surface area contributed by atoms with Crippen molar-refractivity contribution in [3.8, 4) is 22.9 Å². The summed E-state index contributed by atoms with van der Waals surface area (Å²) in [4.78, 5) is 13.7. The first-order valence-electron chi connectivity index (χ1n) is 10.5. The van der Waals surface area contributed by atoms with Crippen molar-refractivity contribution in [2.45, 2.75) is 19.4 Å². The number of nitriles is 1. The first-order chi connectivity index (χ1) is 15.5. The molecule has 2 aliphatic heterocycles. The zero-order valence-corrected chi connectivity index (χ0v) is 18.2. The number of ether oxygens (including phenoxy) is 1. The van der Waals surface area contributed by atoms with E-state index in [4.69, 9.17) is 4.74 Å². The zero-order chi connectivity index (χ0) is 22.4. The lowest BCUT2D eigenvalue weighted by Gasteiger charge is -2.26. The van der Waals surface area contributed by atoms with Crippen molar-refractivity contribution in [2.75, 3.05) is 33.3 Å². The van der Waals surface area contributed by atoms with Gasteiger partial charge >= 0.3 is 0 Å². The summed E-state index contributed by atoms with van der Waals surface area (Å²) in [5, 5.41) is 18.3. The first kappa shape index (κ1) is 20.0. The molecule has 5 rings (SSSR count). The smallest absolute Gasteiger partial charge is 0.246 e. The normalized spacial score (nSPS) is 18.0. The highest BCUT2D eigenvalue weighted by atomic mass is 16.5. The molecule has 32 heavy (non-hydrogen) atoms. The fraction of sp³-hybridized carbons (Fsp3) is 0.348. The minimum Gasteiger partial charge on any atom is -0.494 e. The van der Waals surface area contributed by atoms with E-state index in [2.05, 4.69) is 39.0 Å². The molecule has 0 aliphatic carbocycles. The Morgan fingerprint density at radius 1 is 1.38 bits per heavy atom. The number of likely N-dealkylation sites (tertiary alicyclic amines) is 1. The van der Waals surface area contributed by atoms with E-state index in [0.29, 0.717) is 29.4 Å². The molecule has 0 radical (unpaired) electrons. The van der Waals surface area contributed by atoms with Crippen LogP contribution in [0.3, 0.4) is 0 Å². The highest BCUT2D eigenvalue weighted by molar-refractivity contribution is 5.94. The molecule has 2 aliphatic rings. The van der Waals surface area contributed by atoms with Crippen LogP contribution in [-0.4, -0.2) is 73.8 Å². The molecule has 162 valence electrons. The van der Waals surface area contributed by atoms with Crippen LogP contribution in [0.15, 0.2) is 37.3 Å². The molecule has 2 fully saturated rings. The van der Waals surface area contributed by atoms with Crippen LogP contribution in [0.2, 0.25) is 0 Å². The molecule has 0 saturated carbocycles. The number of hydrogen-bond donors (Lipinski definition) is 0. The van der Waals surface area contributed by atoms with Crippen LogP contribution in [0, 0.1) is 18.3 Å². The van der Waals surface area contributed by atoms with E-state index < -0.39 is 0 Å². The van der Waals surface area contributed by atoms with E-state index >= 15 is 0 Å². The van der Waals surface area contributed by atoms with Crippen LogP contribution in [0.1, 0.15) is 23.7 Å². The number of nitrogens with zero attached hydrogens (tertiary/aromatic N) is 7. The number of aromatic nitrogens is 4. The summed E-state index contributed by atoms with van der Waals surface area (Å²) in [5.74, 6) is 0.603. The van der Waals surface area contributed by atoms with Gasteiger partial charge in [0.1, 0.15) is 29.4 Å². The van der Waals surface area contributed by atoms with Crippen LogP contribution < -0.4 is 4.74 Å². The molecular weight excluding hydrogens is 406 g/mol. The second kappa shape index (κ2) is 7.64. The van der Waals surface area contributed by atoms with Gasteiger partial charge in [0.2, 0.25) is 5.91 Å². The van der Waals surface area contributed by atoms with E-state index in [1.165, 1.54) is 11.8 Å². The number of fused-ring (bicyclic) bond motifs is 1. The molecule has 0 atom stereocenters. The number of rotatable bonds is 4. The fourth-order valence-electron chi connectivity index (χ4n) is 4.63. The van der Waals surface area contributed by atoms with Crippen LogP contribution >= 0.6 is 0 Å². The standard InChI is InChI=1S/C23H24N7O2/c1-4-22(31)27-6-5-18(12-27)28-13-19(14-28)30-15(2)20(10-26-30)16-7-21(32-3)23-17(8-24)9-25-29(23)11-16/h4,7,9-11,19H,1,5-6,12-14H2,2-3H3/q+1. The van der Waals surface area contributed by atoms with E-state index in [1.54, 1.807) is 17.8 Å². The van der Waals surface area contributed by atoms with Gasteiger partial charge in [-0.3, -0.25) is 9.48 Å². The van der Waals surface area contributed by atoms with Gasteiger partial charge in [-0.25, -0.2) is 9.09 Å². The Kier molecular flexibility index (Phi) is 4.78. The molecule has 2 saturated heterocycles. The lowest BCUT2D eigenvalue weighted by Crippen LogP contribution is -2.45. The third-order valence-electron chi connectivity index (χ3n) is 6.46. The van der Waals surface area contributed by atoms with Crippen molar-refractivity contribution in [1.82, 2.24) is 24.3 Å². The summed E-state index contributed by atoms with van der Waals surface area (Å²) in [7, 11) is 1.59. The molecule has 9 heteroatoms. The molecule has 3 aromatic rings. The topological polar surface area (TPSA) is 91.5 Å². The maximum atomic E-state index is 11.8. The highest BCUT2D eigenvalue weighted by Gasteiger charge is 2.39. The van der Waals surface area contributed by atoms with Crippen LogP contribution in [0.4, 0.5) is 0 Å². The number of pyridine rings is 1. The highest BCUT2D eigenvalue weighted by Crippen LogP contribution is 2.32. The Bertz CT molecular complexity index is 1320. The maximum Gasteiger partial charge on any atom is 0.246 e. The van der Waals surface area contributed by atoms with Crippen LogP contribution in [-0.2, 0) is 4.79 Å². The minimum absolute atomic E-state index is 0.00361. The Balaban J connectivity index is 1.39. The molecule has 0 N–H and O–H groups in total. The fourth-order valence-corrected chi connectivity index (χ4v) is 4.63. The van der Waals surface area contributed by atoms with Gasteiger partial charge in [0.25, 0.3) is 0 Å². The second-order valence-corrected chi connectivity index (χ2v) is 8.19. The van der Waals surface area contributed by atoms with Crippen molar-refractivity contribution >= 4 is 17.1 Å². The largest absolute Gasteiger partial charge is 0.494 e. The summed E-state index contributed by atoms with van der Waals surface area (Å²) in [6.45, 7) is 8.88. The number of methoxy groups -OCH3 is 1. The van der Waals surface area contributed by atoms with Gasteiger partial charge in [0.15, 0.2) is 24.8 Å². The predicted molar refractivity (Wildman–Crippen MR) is 118 cm³/mol. The molecule has 0 bridgehead atoms. The van der Waals surface area contributed by atoms with Crippen molar-refractivity contribution in [3.05, 3.63) is 48.6 Å². The van der Waals surface area contributed by atoms with Crippen LogP contribution in [0.5, 0.6) is 5.75 Å². The predicted octanol–water partition coefficient (Wildman–Crippen LogP) is 1.81. The molecule has 0 unspecified atom stereocenters. The van der Waals surface area contributed by atoms with E-state index in [9.17, 15) is 10.1 Å². The number of carbonyl (C=O) groups excluding carboxylic acids is 1. The van der Waals surface area contributed by atoms with Crippen molar-refractivity contribution in [2.24, 2.45) is 0 Å². The summed E-state index contributed by atoms with van der Waals surface area (Å²) >= 11 is 0. The van der Waals surface area contributed by atoms with Crippen molar-refractivity contribution < 1.29 is 14.1 Å². The molecule has 5 heterocycles.